The van der Waals surface area contributed by atoms with Gasteiger partial charge in [0.25, 0.3) is 0 Å². The fourth-order valence-corrected chi connectivity index (χ4v) is 1.48. The van der Waals surface area contributed by atoms with Crippen molar-refractivity contribution in [3.05, 3.63) is 35.4 Å². The molecule has 0 spiro atoms. The molecule has 0 aliphatic carbocycles. The van der Waals surface area contributed by atoms with E-state index < -0.39 is 0 Å². The van der Waals surface area contributed by atoms with Crippen LogP contribution in [-0.2, 0) is 11.3 Å². The number of carbonyl (C=O) groups excluding carboxylic acids is 1. The Morgan fingerprint density at radius 3 is 2.83 bits per heavy atom. The summed E-state index contributed by atoms with van der Waals surface area (Å²) in [6.45, 7) is 4.24. The Bertz CT molecular complexity index is 455. The number of hydrogen-bond acceptors (Lipinski definition) is 3. The summed E-state index contributed by atoms with van der Waals surface area (Å²) in [4.78, 5) is 11.6. The Labute approximate surface area is 108 Å². The zero-order valence-electron chi connectivity index (χ0n) is 10.9. The first-order valence-corrected chi connectivity index (χ1v) is 5.95. The Morgan fingerprint density at radius 1 is 1.50 bits per heavy atom. The van der Waals surface area contributed by atoms with E-state index in [0.717, 1.165) is 5.56 Å². The lowest BCUT2D eigenvalue weighted by atomic mass is 10.00. The zero-order chi connectivity index (χ0) is 13.6. The number of nitriles is 1. The van der Waals surface area contributed by atoms with Crippen LogP contribution in [0.25, 0.3) is 0 Å². The topological polar surface area (TPSA) is 78.9 Å². The molecule has 0 heterocycles. The second-order valence-corrected chi connectivity index (χ2v) is 5.08. The molecule has 3 N–H and O–H groups in total. The monoisotopic (exact) mass is 245 g/mol. The van der Waals surface area contributed by atoms with Crippen molar-refractivity contribution in [1.29, 1.82) is 5.26 Å². The predicted molar refractivity (Wildman–Crippen MR) is 70.5 cm³/mol. The van der Waals surface area contributed by atoms with E-state index in [1.807, 2.05) is 26.0 Å². The van der Waals surface area contributed by atoms with Gasteiger partial charge in [0.2, 0.25) is 5.91 Å². The maximum absolute atomic E-state index is 11.6. The minimum atomic E-state index is -0.321. The van der Waals surface area contributed by atoms with Gasteiger partial charge in [-0.1, -0.05) is 12.1 Å². The van der Waals surface area contributed by atoms with E-state index in [4.69, 9.17) is 11.0 Å². The van der Waals surface area contributed by atoms with Crippen molar-refractivity contribution >= 4 is 5.91 Å². The second-order valence-electron chi connectivity index (χ2n) is 5.08. The first-order valence-electron chi connectivity index (χ1n) is 5.95. The van der Waals surface area contributed by atoms with Crippen molar-refractivity contribution in [1.82, 2.24) is 5.32 Å². The Kier molecular flexibility index (Phi) is 4.87. The average Bonchev–Trinajstić information content (AvgIpc) is 2.33. The fourth-order valence-electron chi connectivity index (χ4n) is 1.48. The number of nitrogens with one attached hydrogen (secondary N) is 1. The Balaban J connectivity index is 2.41. The lowest BCUT2D eigenvalue weighted by Gasteiger charge is -2.17. The minimum Gasteiger partial charge on any atom is -0.352 e. The molecule has 0 atom stereocenters. The molecule has 0 saturated carbocycles. The maximum atomic E-state index is 11.6. The molecule has 96 valence electrons. The highest BCUT2D eigenvalue weighted by Crippen LogP contribution is 2.07. The fraction of sp³-hybridized carbons (Fsp3) is 0.429. The lowest BCUT2D eigenvalue weighted by Crippen LogP contribution is -2.34. The second kappa shape index (κ2) is 6.18. The van der Waals surface area contributed by atoms with Crippen LogP contribution in [0.1, 0.15) is 37.8 Å². The molecule has 0 aliphatic heterocycles. The number of carbonyl (C=O) groups is 1. The van der Waals surface area contributed by atoms with Gasteiger partial charge in [-0.25, -0.2) is 0 Å². The van der Waals surface area contributed by atoms with Gasteiger partial charge >= 0.3 is 0 Å². The first kappa shape index (κ1) is 14.2. The summed E-state index contributed by atoms with van der Waals surface area (Å²) in [7, 11) is 0. The molecular formula is C14H19N3O. The summed E-state index contributed by atoms with van der Waals surface area (Å²) >= 11 is 0. The highest BCUT2D eigenvalue weighted by atomic mass is 16.1. The lowest BCUT2D eigenvalue weighted by molar-refractivity contribution is -0.121. The normalized spacial score (nSPS) is 10.8. The number of nitrogens with zero attached hydrogens (tertiary/aromatic N) is 1. The standard InChI is InChI=1S/C14H19N3O/c1-14(2,16)7-6-13(18)17-10-12-5-3-4-11(8-12)9-15/h3-5,8H,6-7,10,16H2,1-2H3,(H,17,18). The van der Waals surface area contributed by atoms with Crippen molar-refractivity contribution in [3.63, 3.8) is 0 Å². The number of benzene rings is 1. The van der Waals surface area contributed by atoms with Gasteiger partial charge in [0.1, 0.15) is 0 Å². The third-order valence-electron chi connectivity index (χ3n) is 2.54. The van der Waals surface area contributed by atoms with Crippen LogP contribution in [-0.4, -0.2) is 11.4 Å². The van der Waals surface area contributed by atoms with Gasteiger partial charge in [0, 0.05) is 18.5 Å². The molecule has 0 saturated heterocycles. The van der Waals surface area contributed by atoms with Crippen molar-refractivity contribution < 1.29 is 4.79 Å². The molecule has 0 unspecified atom stereocenters. The van der Waals surface area contributed by atoms with E-state index in [-0.39, 0.29) is 11.4 Å². The predicted octanol–water partition coefficient (Wildman–Crippen LogP) is 1.69. The Hall–Kier alpha value is -1.86. The molecule has 4 nitrogen and oxygen atoms in total. The third-order valence-corrected chi connectivity index (χ3v) is 2.54. The van der Waals surface area contributed by atoms with E-state index in [1.165, 1.54) is 0 Å². The van der Waals surface area contributed by atoms with Gasteiger partial charge in [-0.05, 0) is 38.0 Å². The maximum Gasteiger partial charge on any atom is 0.220 e. The molecule has 1 amide bonds. The third kappa shape index (κ3) is 5.46. The zero-order valence-corrected chi connectivity index (χ0v) is 10.9. The number of rotatable bonds is 5. The van der Waals surface area contributed by atoms with E-state index in [1.54, 1.807) is 12.1 Å². The molecule has 0 fully saturated rings. The smallest absolute Gasteiger partial charge is 0.220 e. The molecule has 4 heteroatoms. The molecule has 0 bridgehead atoms. The molecule has 0 aliphatic rings. The summed E-state index contributed by atoms with van der Waals surface area (Å²) in [6, 6.07) is 9.27. The van der Waals surface area contributed by atoms with Gasteiger partial charge in [-0.15, -0.1) is 0 Å². The van der Waals surface area contributed by atoms with Crippen molar-refractivity contribution in [3.8, 4) is 6.07 Å². The quantitative estimate of drug-likeness (QED) is 0.828. The molecule has 1 rings (SSSR count). The first-order chi connectivity index (χ1) is 8.40. The number of nitrogens with two attached hydrogens (primary N) is 1. The van der Waals surface area contributed by atoms with Gasteiger partial charge in [-0.3, -0.25) is 4.79 Å². The van der Waals surface area contributed by atoms with Crippen LogP contribution >= 0.6 is 0 Å². The molecule has 0 aromatic heterocycles. The highest BCUT2D eigenvalue weighted by molar-refractivity contribution is 5.75. The Morgan fingerprint density at radius 2 is 2.22 bits per heavy atom. The van der Waals surface area contributed by atoms with Crippen LogP contribution in [0.3, 0.4) is 0 Å². The van der Waals surface area contributed by atoms with Crippen LogP contribution in [0.2, 0.25) is 0 Å². The average molecular weight is 245 g/mol. The van der Waals surface area contributed by atoms with Crippen LogP contribution in [0.4, 0.5) is 0 Å². The molecule has 18 heavy (non-hydrogen) atoms. The molecule has 1 aromatic rings. The van der Waals surface area contributed by atoms with Crippen molar-refractivity contribution in [2.24, 2.45) is 5.73 Å². The number of amides is 1. The van der Waals surface area contributed by atoms with E-state index in [2.05, 4.69) is 11.4 Å². The summed E-state index contributed by atoms with van der Waals surface area (Å²) in [5.41, 5.74) is 7.02. The number of hydrogen-bond donors (Lipinski definition) is 2. The molecule has 1 aromatic carbocycles. The summed E-state index contributed by atoms with van der Waals surface area (Å²) in [5.74, 6) is -0.0177. The van der Waals surface area contributed by atoms with Gasteiger partial charge in [-0.2, -0.15) is 5.26 Å². The molecule has 0 radical (unpaired) electrons. The minimum absolute atomic E-state index is 0.0177. The van der Waals surface area contributed by atoms with Gasteiger partial charge < -0.3 is 11.1 Å². The summed E-state index contributed by atoms with van der Waals surface area (Å²) in [6.07, 6.45) is 1.07. The van der Waals surface area contributed by atoms with Crippen LogP contribution in [0.5, 0.6) is 0 Å². The largest absolute Gasteiger partial charge is 0.352 e. The van der Waals surface area contributed by atoms with Crippen LogP contribution in [0, 0.1) is 11.3 Å². The van der Waals surface area contributed by atoms with E-state index in [9.17, 15) is 4.79 Å². The SMILES string of the molecule is CC(C)(N)CCC(=O)NCc1cccc(C#N)c1. The summed E-state index contributed by atoms with van der Waals surface area (Å²) < 4.78 is 0. The van der Waals surface area contributed by atoms with E-state index >= 15 is 0 Å². The van der Waals surface area contributed by atoms with Crippen LogP contribution < -0.4 is 11.1 Å². The summed E-state index contributed by atoms with van der Waals surface area (Å²) in [5, 5.41) is 11.6. The van der Waals surface area contributed by atoms with Crippen LogP contribution in [0.15, 0.2) is 24.3 Å². The van der Waals surface area contributed by atoms with Gasteiger partial charge in [0.15, 0.2) is 0 Å². The van der Waals surface area contributed by atoms with Crippen molar-refractivity contribution in [2.45, 2.75) is 38.8 Å². The van der Waals surface area contributed by atoms with Gasteiger partial charge in [0.05, 0.1) is 11.6 Å². The molecular weight excluding hydrogens is 226 g/mol. The van der Waals surface area contributed by atoms with Crippen molar-refractivity contribution in [2.75, 3.05) is 0 Å². The van der Waals surface area contributed by atoms with E-state index in [0.29, 0.717) is 24.9 Å². The highest BCUT2D eigenvalue weighted by Gasteiger charge is 2.12.